The van der Waals surface area contributed by atoms with Crippen molar-refractivity contribution in [3.63, 3.8) is 0 Å². The fourth-order valence-electron chi connectivity index (χ4n) is 4.04. The van der Waals surface area contributed by atoms with Crippen molar-refractivity contribution in [2.45, 2.75) is 11.8 Å². The molecule has 1 saturated heterocycles. The number of aromatic nitrogens is 5. The van der Waals surface area contributed by atoms with Gasteiger partial charge in [0.2, 0.25) is 16.0 Å². The van der Waals surface area contributed by atoms with Gasteiger partial charge in [-0.15, -0.1) is 16.4 Å². The fraction of sp³-hybridized carbons (Fsp3) is 0.286. The topological polar surface area (TPSA) is 152 Å². The highest BCUT2D eigenvalue weighted by atomic mass is 32.2. The number of hydrogen-bond donors (Lipinski definition) is 1. The number of carbonyl (C=O) groups excluding carboxylic acids is 2. The average molecular weight is 532 g/mol. The molecule has 1 fully saturated rings. The van der Waals surface area contributed by atoms with Crippen molar-refractivity contribution in [3.8, 4) is 5.95 Å². The molecule has 4 aromatic heterocycles. The van der Waals surface area contributed by atoms with Crippen LogP contribution in [-0.2, 0) is 14.8 Å². The van der Waals surface area contributed by atoms with Crippen molar-refractivity contribution in [3.05, 3.63) is 62.5 Å². The summed E-state index contributed by atoms with van der Waals surface area (Å²) in [6.07, 6.45) is 3.03. The second-order valence-corrected chi connectivity index (χ2v) is 10.8. The number of nitrogens with zero attached hydrogens (tertiary/aromatic N) is 6. The zero-order valence-electron chi connectivity index (χ0n) is 19.2. The first-order valence-corrected chi connectivity index (χ1v) is 13.1. The minimum absolute atomic E-state index is 0.0174. The maximum Gasteiger partial charge on any atom is 0.349 e. The molecule has 0 radical (unpaired) electrons. The lowest BCUT2D eigenvalue weighted by atomic mass is 10.2. The van der Waals surface area contributed by atoms with Crippen LogP contribution in [0, 0.1) is 6.92 Å². The average Bonchev–Trinajstić information content (AvgIpc) is 3.63. The lowest BCUT2D eigenvalue weighted by molar-refractivity contribution is 0.0602. The molecule has 0 saturated carbocycles. The SMILES string of the molecule is COC(=O)c1sccc1S(=O)(=O)N1CCN(C(=O)c2cnn(-c3nn4cccc4c(=O)[nH]3)c2C)CC1. The summed E-state index contributed by atoms with van der Waals surface area (Å²) in [5.41, 5.74) is 0.831. The maximum absolute atomic E-state index is 13.2. The van der Waals surface area contributed by atoms with Gasteiger partial charge in [0, 0.05) is 32.4 Å². The number of hydrogen-bond acceptors (Lipinski definition) is 9. The van der Waals surface area contributed by atoms with Gasteiger partial charge >= 0.3 is 5.97 Å². The van der Waals surface area contributed by atoms with Gasteiger partial charge in [0.05, 0.1) is 24.6 Å². The predicted molar refractivity (Wildman–Crippen MR) is 128 cm³/mol. The summed E-state index contributed by atoms with van der Waals surface area (Å²) in [7, 11) is -2.74. The van der Waals surface area contributed by atoms with Crippen LogP contribution in [0.2, 0.25) is 0 Å². The van der Waals surface area contributed by atoms with Crippen LogP contribution in [0.15, 0.2) is 45.7 Å². The van der Waals surface area contributed by atoms with Crippen LogP contribution >= 0.6 is 11.3 Å². The molecule has 15 heteroatoms. The van der Waals surface area contributed by atoms with E-state index in [1.165, 1.54) is 38.3 Å². The Hall–Kier alpha value is -3.82. The van der Waals surface area contributed by atoms with E-state index in [-0.39, 0.29) is 53.4 Å². The molecule has 1 N–H and O–H groups in total. The molecule has 188 valence electrons. The van der Waals surface area contributed by atoms with E-state index < -0.39 is 16.0 Å². The third kappa shape index (κ3) is 3.90. The Labute approximate surface area is 208 Å². The number of esters is 1. The van der Waals surface area contributed by atoms with Crippen LogP contribution in [0.5, 0.6) is 0 Å². The third-order valence-corrected chi connectivity index (χ3v) is 8.94. The number of ether oxygens (including phenoxy) is 1. The van der Waals surface area contributed by atoms with Crippen molar-refractivity contribution in [2.75, 3.05) is 33.3 Å². The Bertz CT molecular complexity index is 1640. The van der Waals surface area contributed by atoms with E-state index in [4.69, 9.17) is 0 Å². The summed E-state index contributed by atoms with van der Waals surface area (Å²) < 4.78 is 35.0. The number of rotatable bonds is 5. The number of thiophene rings is 1. The van der Waals surface area contributed by atoms with Crippen LogP contribution in [0.4, 0.5) is 0 Å². The predicted octanol–water partition coefficient (Wildman–Crippen LogP) is 0.512. The van der Waals surface area contributed by atoms with Gasteiger partial charge in [0.1, 0.15) is 15.3 Å². The molecule has 0 atom stereocenters. The highest BCUT2D eigenvalue weighted by Gasteiger charge is 2.34. The Morgan fingerprint density at radius 1 is 1.17 bits per heavy atom. The van der Waals surface area contributed by atoms with Gasteiger partial charge in [-0.1, -0.05) is 0 Å². The van der Waals surface area contributed by atoms with Gasteiger partial charge in [-0.3, -0.25) is 14.6 Å². The molecular formula is C21H21N7O6S2. The summed E-state index contributed by atoms with van der Waals surface area (Å²) in [4.78, 5) is 41.6. The lowest BCUT2D eigenvalue weighted by Gasteiger charge is -2.33. The van der Waals surface area contributed by atoms with Gasteiger partial charge < -0.3 is 9.64 Å². The molecule has 0 unspecified atom stereocenters. The first-order chi connectivity index (χ1) is 17.2. The van der Waals surface area contributed by atoms with Crippen molar-refractivity contribution >= 4 is 38.8 Å². The van der Waals surface area contributed by atoms with E-state index in [1.807, 2.05) is 0 Å². The van der Waals surface area contributed by atoms with Crippen molar-refractivity contribution in [2.24, 2.45) is 0 Å². The van der Waals surface area contributed by atoms with E-state index >= 15 is 0 Å². The van der Waals surface area contributed by atoms with E-state index in [0.29, 0.717) is 16.8 Å². The summed E-state index contributed by atoms with van der Waals surface area (Å²) >= 11 is 0.997. The molecule has 0 aliphatic carbocycles. The van der Waals surface area contributed by atoms with E-state index in [0.717, 1.165) is 11.3 Å². The first-order valence-electron chi connectivity index (χ1n) is 10.8. The van der Waals surface area contributed by atoms with Crippen molar-refractivity contribution in [1.82, 2.24) is 33.6 Å². The third-order valence-electron chi connectivity index (χ3n) is 5.97. The smallest absolute Gasteiger partial charge is 0.349 e. The Morgan fingerprint density at radius 3 is 2.64 bits per heavy atom. The molecule has 5 rings (SSSR count). The van der Waals surface area contributed by atoms with Crippen molar-refractivity contribution in [1.29, 1.82) is 0 Å². The van der Waals surface area contributed by atoms with Crippen LogP contribution in [0.3, 0.4) is 0 Å². The number of piperazine rings is 1. The summed E-state index contributed by atoms with van der Waals surface area (Å²) in [6.45, 7) is 2.13. The van der Waals surface area contributed by atoms with Crippen molar-refractivity contribution < 1.29 is 22.7 Å². The van der Waals surface area contributed by atoms with Crippen LogP contribution in [0.1, 0.15) is 25.7 Å². The number of sulfonamides is 1. The monoisotopic (exact) mass is 531 g/mol. The largest absolute Gasteiger partial charge is 0.465 e. The van der Waals surface area contributed by atoms with Gasteiger partial charge in [0.15, 0.2) is 0 Å². The molecule has 0 bridgehead atoms. The van der Waals surface area contributed by atoms with Crippen LogP contribution in [-0.4, -0.2) is 87.2 Å². The first kappa shape index (κ1) is 23.9. The Morgan fingerprint density at radius 2 is 1.92 bits per heavy atom. The lowest BCUT2D eigenvalue weighted by Crippen LogP contribution is -2.50. The molecule has 0 aromatic carbocycles. The molecule has 5 heterocycles. The minimum atomic E-state index is -3.93. The molecule has 36 heavy (non-hydrogen) atoms. The second-order valence-electron chi connectivity index (χ2n) is 7.97. The summed E-state index contributed by atoms with van der Waals surface area (Å²) in [5.74, 6) is -0.865. The highest BCUT2D eigenvalue weighted by Crippen LogP contribution is 2.27. The Kier molecular flexibility index (Phi) is 5.97. The molecule has 1 amide bonds. The van der Waals surface area contributed by atoms with E-state index in [1.54, 1.807) is 30.2 Å². The normalized spacial score (nSPS) is 14.9. The number of amides is 1. The van der Waals surface area contributed by atoms with E-state index in [9.17, 15) is 22.8 Å². The molecule has 13 nitrogen and oxygen atoms in total. The number of carbonyl (C=O) groups is 2. The standard InChI is InChI=1S/C21H21N7O6S2/c1-13-14(12-22-28(13)21-23-18(29)15-4-3-6-27(15)24-21)19(30)25-7-9-26(10-8-25)36(32,33)16-5-11-35-17(16)20(31)34-2/h3-6,11-12H,7-10H2,1-2H3,(H,23,24,29). The molecule has 1 aliphatic heterocycles. The molecule has 0 spiro atoms. The number of fused-ring (bicyclic) bond motifs is 1. The Balaban J connectivity index is 1.33. The highest BCUT2D eigenvalue weighted by molar-refractivity contribution is 7.89. The van der Waals surface area contributed by atoms with E-state index in [2.05, 4.69) is 19.9 Å². The van der Waals surface area contributed by atoms with Gasteiger partial charge in [-0.25, -0.2) is 22.4 Å². The summed E-state index contributed by atoms with van der Waals surface area (Å²) in [5, 5.41) is 10.1. The van der Waals surface area contributed by atoms with Crippen LogP contribution < -0.4 is 5.56 Å². The zero-order valence-corrected chi connectivity index (χ0v) is 20.9. The quantitative estimate of drug-likeness (QED) is 0.366. The second kappa shape index (κ2) is 9.00. The summed E-state index contributed by atoms with van der Waals surface area (Å²) in [6, 6.07) is 4.71. The minimum Gasteiger partial charge on any atom is -0.465 e. The maximum atomic E-state index is 13.2. The number of methoxy groups -OCH3 is 1. The zero-order chi connectivity index (χ0) is 25.6. The number of aromatic amines is 1. The van der Waals surface area contributed by atoms with Gasteiger partial charge in [-0.05, 0) is 30.5 Å². The number of H-pyrrole nitrogens is 1. The number of nitrogens with one attached hydrogen (secondary N) is 1. The fourth-order valence-corrected chi connectivity index (χ4v) is 6.77. The van der Waals surface area contributed by atoms with Gasteiger partial charge in [0.25, 0.3) is 11.5 Å². The molecule has 4 aromatic rings. The molecule has 1 aliphatic rings. The molecular weight excluding hydrogens is 510 g/mol. The van der Waals surface area contributed by atoms with Gasteiger partial charge in [-0.2, -0.15) is 9.40 Å². The van der Waals surface area contributed by atoms with Crippen LogP contribution in [0.25, 0.3) is 11.5 Å².